The quantitative estimate of drug-likeness (QED) is 0.0617. The van der Waals surface area contributed by atoms with Crippen LogP contribution in [0.3, 0.4) is 0 Å². The molecule has 0 atom stereocenters. The summed E-state index contributed by atoms with van der Waals surface area (Å²) in [4.78, 5) is 9.36. The van der Waals surface area contributed by atoms with E-state index in [1.54, 1.807) is 12.1 Å². The third kappa shape index (κ3) is 16.3. The number of fused-ring (bicyclic) bond motifs is 2. The molecule has 66 heavy (non-hydrogen) atoms. The number of hydrogen-bond acceptors (Lipinski definition) is 6. The van der Waals surface area contributed by atoms with E-state index in [4.69, 9.17) is 29.2 Å². The first-order valence-corrected chi connectivity index (χ1v) is 24.0. The molecule has 0 amide bonds. The molecule has 8 rings (SSSR count). The molecule has 0 radical (unpaired) electrons. The molecule has 4 heterocycles. The number of terminal acetylenes is 2. The molecule has 346 valence electrons. The van der Waals surface area contributed by atoms with Crippen LogP contribution in [0.2, 0.25) is 0 Å². The predicted octanol–water partition coefficient (Wildman–Crippen LogP) is 7.52. The number of nitrogens with zero attached hydrogens (tertiary/aromatic N) is 6. The maximum absolute atomic E-state index is 9.45. The summed E-state index contributed by atoms with van der Waals surface area (Å²) in [5.41, 5.74) is 7.63. The second-order valence-corrected chi connectivity index (χ2v) is 18.5. The van der Waals surface area contributed by atoms with Gasteiger partial charge in [-0.05, 0) is 150 Å². The first-order chi connectivity index (χ1) is 31.6. The van der Waals surface area contributed by atoms with E-state index in [2.05, 4.69) is 146 Å². The number of piperidine rings is 2. The minimum Gasteiger partial charge on any atom is -1.00 e. The molecule has 0 spiro atoms. The van der Waals surface area contributed by atoms with Gasteiger partial charge in [0.1, 0.15) is 11.5 Å². The minimum atomic E-state index is 0. The van der Waals surface area contributed by atoms with Gasteiger partial charge >= 0.3 is 29.6 Å². The maximum Gasteiger partial charge on any atom is 1.00 e. The van der Waals surface area contributed by atoms with Crippen molar-refractivity contribution in [2.45, 2.75) is 64.7 Å². The molecular formula is C56H72ClN6NaO2. The first kappa shape index (κ1) is 52.8. The SMILES string of the molecule is C#CCN(C)Cc1cc2cc(O)ccc2n1C.C#CCN(C)Cc1cc2cc(OCCC3CCN(Cc4ccccc4)CC3)ccc2n1C.ClCCC1CCN(Cc2ccccc2)CC1.[H-].[Na+]. The van der Waals surface area contributed by atoms with E-state index in [9.17, 15) is 5.11 Å². The molecule has 2 fully saturated rings. The smallest absolute Gasteiger partial charge is 1.00 e. The van der Waals surface area contributed by atoms with Crippen molar-refractivity contribution < 1.29 is 40.8 Å². The van der Waals surface area contributed by atoms with Gasteiger partial charge in [0.15, 0.2) is 0 Å². The number of phenols is 1. The molecule has 10 heteroatoms. The Bertz CT molecular complexity index is 2430. The molecule has 2 aliphatic heterocycles. The Morgan fingerprint density at radius 3 is 1.58 bits per heavy atom. The fraction of sp³-hybridized carbons (Fsp3) is 0.429. The van der Waals surface area contributed by atoms with Gasteiger partial charge in [-0.2, -0.15) is 0 Å². The predicted molar refractivity (Wildman–Crippen MR) is 273 cm³/mol. The minimum absolute atomic E-state index is 0. The maximum atomic E-state index is 9.45. The number of alkyl halides is 1. The first-order valence-electron chi connectivity index (χ1n) is 23.4. The van der Waals surface area contributed by atoms with Crippen LogP contribution in [-0.4, -0.2) is 99.7 Å². The molecule has 1 N–H and O–H groups in total. The fourth-order valence-corrected chi connectivity index (χ4v) is 9.50. The van der Waals surface area contributed by atoms with E-state index in [0.717, 1.165) is 73.6 Å². The zero-order chi connectivity index (χ0) is 46.0. The number of hydrogen-bond donors (Lipinski definition) is 1. The van der Waals surface area contributed by atoms with Crippen molar-refractivity contribution in [3.63, 3.8) is 0 Å². The van der Waals surface area contributed by atoms with Gasteiger partial charge in [0.2, 0.25) is 0 Å². The second-order valence-electron chi connectivity index (χ2n) is 18.1. The topological polar surface area (TPSA) is 52.3 Å². The van der Waals surface area contributed by atoms with Crippen molar-refractivity contribution in [2.24, 2.45) is 25.9 Å². The average Bonchev–Trinajstić information content (AvgIpc) is 3.78. The Morgan fingerprint density at radius 2 is 1.11 bits per heavy atom. The van der Waals surface area contributed by atoms with Crippen LogP contribution in [0.1, 0.15) is 62.5 Å². The summed E-state index contributed by atoms with van der Waals surface area (Å²) in [7, 11) is 8.19. The number of ether oxygens (including phenoxy) is 1. The number of rotatable bonds is 16. The molecule has 2 aromatic heterocycles. The largest absolute Gasteiger partial charge is 1.00 e. The summed E-state index contributed by atoms with van der Waals surface area (Å²) >= 11 is 5.79. The van der Waals surface area contributed by atoms with Gasteiger partial charge in [-0.15, -0.1) is 24.4 Å². The molecule has 0 unspecified atom stereocenters. The third-order valence-corrected chi connectivity index (χ3v) is 13.3. The molecule has 0 saturated carbocycles. The Hall–Kier alpha value is -4.19. The summed E-state index contributed by atoms with van der Waals surface area (Å²) in [6.07, 6.45) is 18.2. The van der Waals surface area contributed by atoms with Gasteiger partial charge in [0.05, 0.1) is 19.7 Å². The molecule has 2 saturated heterocycles. The van der Waals surface area contributed by atoms with Gasteiger partial charge in [-0.3, -0.25) is 19.6 Å². The third-order valence-electron chi connectivity index (χ3n) is 13.0. The van der Waals surface area contributed by atoms with Gasteiger partial charge < -0.3 is 20.4 Å². The molecule has 8 nitrogen and oxygen atoms in total. The summed E-state index contributed by atoms with van der Waals surface area (Å²) in [6.45, 7) is 10.7. The number of likely N-dealkylation sites (tertiary alicyclic amines) is 2. The zero-order valence-corrected chi connectivity index (χ0v) is 43.1. The van der Waals surface area contributed by atoms with Crippen LogP contribution in [0.15, 0.2) is 109 Å². The van der Waals surface area contributed by atoms with Crippen molar-refractivity contribution in [3.05, 3.63) is 132 Å². The van der Waals surface area contributed by atoms with E-state index in [1.807, 2.05) is 20.2 Å². The normalized spacial score (nSPS) is 14.8. The summed E-state index contributed by atoms with van der Waals surface area (Å²) < 4.78 is 10.5. The Morgan fingerprint density at radius 1 is 0.652 bits per heavy atom. The molecular weight excluding hydrogens is 847 g/mol. The van der Waals surface area contributed by atoms with Crippen LogP contribution in [0.4, 0.5) is 0 Å². The Kier molecular flexibility index (Phi) is 22.1. The van der Waals surface area contributed by atoms with Crippen LogP contribution in [0.5, 0.6) is 11.5 Å². The number of aromatic hydroxyl groups is 1. The van der Waals surface area contributed by atoms with Crippen molar-refractivity contribution in [1.82, 2.24) is 28.7 Å². The zero-order valence-electron chi connectivity index (χ0n) is 41.3. The van der Waals surface area contributed by atoms with Gasteiger partial charge in [0.25, 0.3) is 0 Å². The molecule has 2 aliphatic rings. The second kappa shape index (κ2) is 27.6. The van der Waals surface area contributed by atoms with Crippen LogP contribution in [0.25, 0.3) is 21.8 Å². The van der Waals surface area contributed by atoms with E-state index in [0.29, 0.717) is 18.8 Å². The van der Waals surface area contributed by atoms with E-state index < -0.39 is 0 Å². The number of phenolic OH excluding ortho intramolecular Hbond substituents is 1. The van der Waals surface area contributed by atoms with Crippen molar-refractivity contribution in [3.8, 4) is 36.2 Å². The van der Waals surface area contributed by atoms with Gasteiger partial charge in [-0.1, -0.05) is 72.5 Å². The summed E-state index contributed by atoms with van der Waals surface area (Å²) in [5, 5.41) is 11.7. The van der Waals surface area contributed by atoms with Crippen molar-refractivity contribution in [1.29, 1.82) is 0 Å². The summed E-state index contributed by atoms with van der Waals surface area (Å²) in [5.74, 6) is 9.05. The van der Waals surface area contributed by atoms with Gasteiger partial charge in [0, 0.05) is 79.3 Å². The van der Waals surface area contributed by atoms with Crippen LogP contribution in [0, 0.1) is 36.5 Å². The number of benzene rings is 4. The average molecular weight is 920 g/mol. The molecule has 6 aromatic rings. The number of aromatic nitrogens is 2. The van der Waals surface area contributed by atoms with E-state index in [1.165, 1.54) is 91.7 Å². The Balaban J connectivity index is 0.000000237. The molecule has 0 aliphatic carbocycles. The van der Waals surface area contributed by atoms with Gasteiger partial charge in [-0.25, -0.2) is 0 Å². The number of aryl methyl sites for hydroxylation is 2. The van der Waals surface area contributed by atoms with E-state index >= 15 is 0 Å². The van der Waals surface area contributed by atoms with Crippen molar-refractivity contribution in [2.75, 3.05) is 65.9 Å². The monoisotopic (exact) mass is 919 g/mol. The number of halogens is 1. The molecule has 4 aromatic carbocycles. The molecule has 0 bridgehead atoms. The van der Waals surface area contributed by atoms with Crippen molar-refractivity contribution >= 4 is 33.4 Å². The van der Waals surface area contributed by atoms with Crippen LogP contribution >= 0.6 is 11.6 Å². The Labute approximate surface area is 424 Å². The van der Waals surface area contributed by atoms with Crippen LogP contribution in [-0.2, 0) is 40.3 Å². The fourth-order valence-electron chi connectivity index (χ4n) is 9.20. The standard InChI is InChI=1S/C28H35N3O.C14H20ClN.C14H16N2O.Na.H/c1-4-15-29(2)22-26-19-25-20-27(10-11-28(25)30(26)3)32-18-14-23-12-16-31(17-13-23)21-24-8-6-5-7-9-24;15-9-6-13-7-10-16(11-8-13)12-14-4-2-1-3-5-14;1-4-7-15(2)10-12-8-11-9-13(17)5-6-14(11)16(12)3;;/h1,5-11,19-20,23H,12-18,21-22H2,2-3H3;1-5,13H,6-12H2;1,5-6,8-9,17H,7,10H2,2-3H3;;/q;;;+1;-1. The summed E-state index contributed by atoms with van der Waals surface area (Å²) in [6, 6.07) is 37.7. The van der Waals surface area contributed by atoms with E-state index in [-0.39, 0.29) is 31.0 Å². The van der Waals surface area contributed by atoms with Crippen LogP contribution < -0.4 is 34.3 Å².